The summed E-state index contributed by atoms with van der Waals surface area (Å²) in [4.78, 5) is 16.0. The molecule has 0 bridgehead atoms. The van der Waals surface area contributed by atoms with Crippen LogP contribution in [0.1, 0.15) is 48.5 Å². The van der Waals surface area contributed by atoms with Gasteiger partial charge in [0.15, 0.2) is 5.69 Å². The van der Waals surface area contributed by atoms with Crippen LogP contribution in [0.2, 0.25) is 0 Å². The van der Waals surface area contributed by atoms with E-state index >= 15 is 0 Å². The minimum Gasteiger partial charge on any atom is -0.464 e. The summed E-state index contributed by atoms with van der Waals surface area (Å²) in [5.41, 5.74) is 6.30. The van der Waals surface area contributed by atoms with Gasteiger partial charge >= 0.3 is 5.97 Å². The summed E-state index contributed by atoms with van der Waals surface area (Å²) < 4.78 is 12.1. The topological polar surface area (TPSA) is 79.4 Å². The molecule has 0 spiro atoms. The molecule has 19 heavy (non-hydrogen) atoms. The Bertz CT molecular complexity index is 470. The summed E-state index contributed by atoms with van der Waals surface area (Å²) in [6.07, 6.45) is 3.90. The van der Waals surface area contributed by atoms with Crippen molar-refractivity contribution in [2.45, 2.75) is 44.8 Å². The number of nitrogen functional groups attached to an aromatic ring is 1. The number of rotatable bonds is 4. The third kappa shape index (κ3) is 2.45. The average Bonchev–Trinajstić information content (AvgIpc) is 3.01. The number of anilines is 1. The van der Waals surface area contributed by atoms with Crippen molar-refractivity contribution in [2.75, 3.05) is 20.0 Å². The summed E-state index contributed by atoms with van der Waals surface area (Å²) in [5, 5.41) is 0. The number of carbonyl (C=O) groups excluding carboxylic acids is 1. The molecule has 2 N–H and O–H groups in total. The number of aryl methyl sites for hydroxylation is 1. The van der Waals surface area contributed by atoms with Crippen molar-refractivity contribution in [1.29, 1.82) is 0 Å². The van der Waals surface area contributed by atoms with E-state index in [0.29, 0.717) is 5.82 Å². The molecule has 1 saturated carbocycles. The maximum atomic E-state index is 11.6. The van der Waals surface area contributed by atoms with Crippen LogP contribution < -0.4 is 5.73 Å². The molecule has 1 fully saturated rings. The zero-order chi connectivity index (χ0) is 14.0. The molecule has 1 aliphatic carbocycles. The Morgan fingerprint density at radius 3 is 2.74 bits per heavy atom. The van der Waals surface area contributed by atoms with Crippen LogP contribution in [-0.4, -0.2) is 35.8 Å². The molecule has 1 aromatic heterocycles. The van der Waals surface area contributed by atoms with Crippen molar-refractivity contribution in [3.05, 3.63) is 11.5 Å². The molecule has 106 valence electrons. The van der Waals surface area contributed by atoms with Crippen molar-refractivity contribution in [2.24, 2.45) is 0 Å². The Labute approximate surface area is 112 Å². The van der Waals surface area contributed by atoms with Gasteiger partial charge < -0.3 is 19.8 Å². The quantitative estimate of drug-likeness (QED) is 0.837. The number of imidazole rings is 1. The van der Waals surface area contributed by atoms with Crippen molar-refractivity contribution < 1.29 is 14.3 Å². The number of nitrogens with zero attached hydrogens (tertiary/aromatic N) is 2. The Kier molecular flexibility index (Phi) is 4.09. The average molecular weight is 267 g/mol. The number of carbonyl (C=O) groups is 1. The SMILES string of the molecule is CCc1nc(C(=O)OC)c(N)n1C1CCC(OC)C1. The molecule has 2 rings (SSSR count). The first-order valence-electron chi connectivity index (χ1n) is 6.60. The number of ether oxygens (including phenoxy) is 2. The van der Waals surface area contributed by atoms with Gasteiger partial charge in [0.2, 0.25) is 0 Å². The van der Waals surface area contributed by atoms with Crippen molar-refractivity contribution in [3.8, 4) is 0 Å². The van der Waals surface area contributed by atoms with Gasteiger partial charge in [-0.25, -0.2) is 9.78 Å². The van der Waals surface area contributed by atoms with Crippen LogP contribution in [0.4, 0.5) is 5.82 Å². The molecule has 0 aliphatic heterocycles. The number of nitrogens with two attached hydrogens (primary N) is 1. The Balaban J connectivity index is 2.34. The molecule has 2 atom stereocenters. The van der Waals surface area contributed by atoms with E-state index in [1.807, 2.05) is 11.5 Å². The lowest BCUT2D eigenvalue weighted by Crippen LogP contribution is -2.14. The van der Waals surface area contributed by atoms with E-state index in [-0.39, 0.29) is 17.8 Å². The van der Waals surface area contributed by atoms with Gasteiger partial charge in [-0.1, -0.05) is 6.92 Å². The van der Waals surface area contributed by atoms with E-state index in [1.54, 1.807) is 7.11 Å². The molecule has 0 amide bonds. The van der Waals surface area contributed by atoms with Crippen LogP contribution in [0, 0.1) is 0 Å². The fourth-order valence-electron chi connectivity index (χ4n) is 2.76. The molecule has 6 nitrogen and oxygen atoms in total. The second-order valence-corrected chi connectivity index (χ2v) is 4.80. The highest BCUT2D eigenvalue weighted by Gasteiger charge is 2.31. The maximum absolute atomic E-state index is 11.6. The van der Waals surface area contributed by atoms with E-state index in [9.17, 15) is 4.79 Å². The number of hydrogen-bond donors (Lipinski definition) is 1. The van der Waals surface area contributed by atoms with Gasteiger partial charge in [-0.2, -0.15) is 0 Å². The lowest BCUT2D eigenvalue weighted by Gasteiger charge is -2.16. The maximum Gasteiger partial charge on any atom is 0.360 e. The largest absolute Gasteiger partial charge is 0.464 e. The normalized spacial score (nSPS) is 22.7. The third-order valence-corrected chi connectivity index (χ3v) is 3.77. The molecular weight excluding hydrogens is 246 g/mol. The number of aromatic nitrogens is 2. The molecule has 0 radical (unpaired) electrons. The van der Waals surface area contributed by atoms with Crippen molar-refractivity contribution in [1.82, 2.24) is 9.55 Å². The lowest BCUT2D eigenvalue weighted by atomic mass is 10.2. The van der Waals surface area contributed by atoms with Gasteiger partial charge in [-0.3, -0.25) is 0 Å². The monoisotopic (exact) mass is 267 g/mol. The van der Waals surface area contributed by atoms with Gasteiger partial charge in [-0.15, -0.1) is 0 Å². The van der Waals surface area contributed by atoms with Gasteiger partial charge in [-0.05, 0) is 19.3 Å². The summed E-state index contributed by atoms with van der Waals surface area (Å²) >= 11 is 0. The zero-order valence-corrected chi connectivity index (χ0v) is 11.7. The Hall–Kier alpha value is -1.56. The van der Waals surface area contributed by atoms with Gasteiger partial charge in [0, 0.05) is 19.6 Å². The predicted molar refractivity (Wildman–Crippen MR) is 71.0 cm³/mol. The Morgan fingerprint density at radius 2 is 2.21 bits per heavy atom. The summed E-state index contributed by atoms with van der Waals surface area (Å²) in [7, 11) is 3.06. The van der Waals surface area contributed by atoms with E-state index < -0.39 is 5.97 Å². The second kappa shape index (κ2) is 5.61. The van der Waals surface area contributed by atoms with E-state index in [4.69, 9.17) is 15.2 Å². The first kappa shape index (κ1) is 13.9. The molecule has 6 heteroatoms. The van der Waals surface area contributed by atoms with Crippen LogP contribution in [0.15, 0.2) is 0 Å². The molecule has 2 unspecified atom stereocenters. The highest BCUT2D eigenvalue weighted by molar-refractivity contribution is 5.92. The summed E-state index contributed by atoms with van der Waals surface area (Å²) in [6, 6.07) is 0.255. The first-order valence-corrected chi connectivity index (χ1v) is 6.60. The Morgan fingerprint density at radius 1 is 1.47 bits per heavy atom. The fourth-order valence-corrected chi connectivity index (χ4v) is 2.76. The first-order chi connectivity index (χ1) is 9.12. The van der Waals surface area contributed by atoms with E-state index in [1.165, 1.54) is 7.11 Å². The molecule has 0 saturated heterocycles. The number of hydrogen-bond acceptors (Lipinski definition) is 5. The van der Waals surface area contributed by atoms with Crippen LogP contribution in [-0.2, 0) is 15.9 Å². The fraction of sp³-hybridized carbons (Fsp3) is 0.692. The van der Waals surface area contributed by atoms with Crippen molar-refractivity contribution >= 4 is 11.8 Å². The molecule has 1 aromatic rings. The number of esters is 1. The molecule has 1 aliphatic rings. The zero-order valence-electron chi connectivity index (χ0n) is 11.7. The van der Waals surface area contributed by atoms with E-state index in [0.717, 1.165) is 31.5 Å². The highest BCUT2D eigenvalue weighted by Crippen LogP contribution is 2.35. The number of methoxy groups -OCH3 is 2. The highest BCUT2D eigenvalue weighted by atomic mass is 16.5. The van der Waals surface area contributed by atoms with Crippen LogP contribution >= 0.6 is 0 Å². The van der Waals surface area contributed by atoms with Crippen LogP contribution in [0.3, 0.4) is 0 Å². The smallest absolute Gasteiger partial charge is 0.360 e. The minimum absolute atomic E-state index is 0.222. The summed E-state index contributed by atoms with van der Waals surface area (Å²) in [5.74, 6) is 0.761. The second-order valence-electron chi connectivity index (χ2n) is 4.80. The van der Waals surface area contributed by atoms with Gasteiger partial charge in [0.05, 0.1) is 13.2 Å². The summed E-state index contributed by atoms with van der Waals surface area (Å²) in [6.45, 7) is 2.00. The standard InChI is InChI=1S/C13H21N3O3/c1-4-10-15-11(13(17)19-3)12(14)16(10)8-5-6-9(7-8)18-2/h8-9H,4-7,14H2,1-3H3. The third-order valence-electron chi connectivity index (χ3n) is 3.77. The van der Waals surface area contributed by atoms with E-state index in [2.05, 4.69) is 4.98 Å². The van der Waals surface area contributed by atoms with Crippen LogP contribution in [0.25, 0.3) is 0 Å². The predicted octanol–water partition coefficient (Wildman–Crippen LogP) is 1.55. The molecular formula is C13H21N3O3. The van der Waals surface area contributed by atoms with Gasteiger partial charge in [0.25, 0.3) is 0 Å². The van der Waals surface area contributed by atoms with Crippen molar-refractivity contribution in [3.63, 3.8) is 0 Å². The minimum atomic E-state index is -0.479. The molecule has 0 aromatic carbocycles. The molecule has 1 heterocycles. The van der Waals surface area contributed by atoms with Gasteiger partial charge in [0.1, 0.15) is 11.6 Å². The van der Waals surface area contributed by atoms with Crippen LogP contribution in [0.5, 0.6) is 0 Å². The lowest BCUT2D eigenvalue weighted by molar-refractivity contribution is 0.0595.